The van der Waals surface area contributed by atoms with Crippen molar-refractivity contribution in [2.45, 2.75) is 18.9 Å². The van der Waals surface area contributed by atoms with Gasteiger partial charge in [0.05, 0.1) is 5.69 Å². The van der Waals surface area contributed by atoms with Crippen LogP contribution in [0, 0.1) is 5.82 Å². The molecule has 2 aliphatic heterocycles. The van der Waals surface area contributed by atoms with Gasteiger partial charge in [-0.05, 0) is 25.0 Å². The molecule has 2 saturated heterocycles. The second-order valence-electron chi connectivity index (χ2n) is 6.31. The molecule has 7 heteroatoms. The molecule has 2 fully saturated rings. The molecule has 2 aliphatic rings. The van der Waals surface area contributed by atoms with Gasteiger partial charge in [0.2, 0.25) is 0 Å². The fraction of sp³-hybridized carbons (Fsp3) is 0.444. The topological polar surface area (TPSA) is 45.7 Å². The Kier molecular flexibility index (Phi) is 4.67. The fourth-order valence-corrected chi connectivity index (χ4v) is 4.18. The van der Waals surface area contributed by atoms with Crippen LogP contribution in [0.5, 0.6) is 0 Å². The summed E-state index contributed by atoms with van der Waals surface area (Å²) in [5.41, 5.74) is 1.19. The van der Waals surface area contributed by atoms with E-state index in [-0.39, 0.29) is 19.3 Å². The summed E-state index contributed by atoms with van der Waals surface area (Å²) in [5.74, 6) is -0.144. The quantitative estimate of drug-likeness (QED) is 0.841. The first kappa shape index (κ1) is 16.5. The van der Waals surface area contributed by atoms with E-state index in [0.717, 1.165) is 31.1 Å². The predicted molar refractivity (Wildman–Crippen MR) is 97.4 cm³/mol. The summed E-state index contributed by atoms with van der Waals surface area (Å²) in [6.07, 6.45) is 1.55. The minimum absolute atomic E-state index is 0. The van der Waals surface area contributed by atoms with Crippen LogP contribution in [-0.2, 0) is 9.53 Å². The van der Waals surface area contributed by atoms with Gasteiger partial charge >= 0.3 is 0 Å². The molecule has 2 aromatic rings. The summed E-state index contributed by atoms with van der Waals surface area (Å²) in [6, 6.07) is 6.68. The van der Waals surface area contributed by atoms with Crippen molar-refractivity contribution in [2.75, 3.05) is 37.7 Å². The van der Waals surface area contributed by atoms with Gasteiger partial charge in [-0.2, -0.15) is 0 Å². The second kappa shape index (κ2) is 7.09. The molecule has 0 bridgehead atoms. The first-order valence-electron chi connectivity index (χ1n) is 8.58. The van der Waals surface area contributed by atoms with Gasteiger partial charge in [-0.1, -0.05) is 12.1 Å². The van der Waals surface area contributed by atoms with Crippen LogP contribution in [0.15, 0.2) is 29.6 Å². The zero-order valence-corrected chi connectivity index (χ0v) is 14.7. The van der Waals surface area contributed by atoms with E-state index in [0.29, 0.717) is 31.0 Å². The van der Waals surface area contributed by atoms with E-state index in [2.05, 4.69) is 9.88 Å². The Morgan fingerprint density at radius 2 is 2.08 bits per heavy atom. The predicted octanol–water partition coefficient (Wildman–Crippen LogP) is 3.02. The Balaban J connectivity index is 0.00000196. The first-order valence-corrected chi connectivity index (χ1v) is 9.46. The van der Waals surface area contributed by atoms with Gasteiger partial charge in [0, 0.05) is 45.2 Å². The van der Waals surface area contributed by atoms with Crippen molar-refractivity contribution in [3.8, 4) is 11.3 Å². The van der Waals surface area contributed by atoms with E-state index in [1.165, 1.54) is 17.4 Å². The molecule has 0 N–H and O–H groups in total. The van der Waals surface area contributed by atoms with E-state index >= 15 is 0 Å². The van der Waals surface area contributed by atoms with Crippen LogP contribution in [0.3, 0.4) is 0 Å². The summed E-state index contributed by atoms with van der Waals surface area (Å²) < 4.78 is 19.4. The van der Waals surface area contributed by atoms with Crippen molar-refractivity contribution in [1.29, 1.82) is 0 Å². The zero-order valence-electron chi connectivity index (χ0n) is 13.9. The number of carbonyl (C=O) groups excluding carboxylic acids is 1. The van der Waals surface area contributed by atoms with Crippen LogP contribution in [0.1, 0.15) is 14.3 Å². The molecule has 134 valence electrons. The molecule has 25 heavy (non-hydrogen) atoms. The van der Waals surface area contributed by atoms with Gasteiger partial charge in [0.25, 0.3) is 5.91 Å². The highest BCUT2D eigenvalue weighted by Gasteiger charge is 2.30. The number of carbonyl (C=O) groups is 1. The van der Waals surface area contributed by atoms with Crippen LogP contribution < -0.4 is 4.90 Å². The zero-order chi connectivity index (χ0) is 17.2. The lowest BCUT2D eigenvalue weighted by Gasteiger charge is -2.35. The van der Waals surface area contributed by atoms with Crippen LogP contribution >= 0.6 is 11.3 Å². The van der Waals surface area contributed by atoms with Gasteiger partial charge in [0.1, 0.15) is 11.9 Å². The Morgan fingerprint density at radius 1 is 1.28 bits per heavy atom. The number of thiazole rings is 1. The van der Waals surface area contributed by atoms with Crippen LogP contribution in [0.25, 0.3) is 11.3 Å². The Morgan fingerprint density at radius 3 is 2.80 bits per heavy atom. The number of benzene rings is 1. The summed E-state index contributed by atoms with van der Waals surface area (Å²) in [7, 11) is 0. The Hall–Kier alpha value is -1.99. The highest BCUT2D eigenvalue weighted by atomic mass is 32.1. The van der Waals surface area contributed by atoms with E-state index in [1.54, 1.807) is 12.1 Å². The lowest BCUT2D eigenvalue weighted by atomic mass is 10.2. The molecule has 1 amide bonds. The summed E-state index contributed by atoms with van der Waals surface area (Å²) in [6.45, 7) is 3.51. The molecule has 4 rings (SSSR count). The largest absolute Gasteiger partial charge is 0.368 e. The monoisotopic (exact) mass is 363 g/mol. The average molecular weight is 363 g/mol. The number of rotatable bonds is 3. The van der Waals surface area contributed by atoms with E-state index in [4.69, 9.17) is 4.74 Å². The number of amides is 1. The molecule has 0 aliphatic carbocycles. The van der Waals surface area contributed by atoms with Crippen molar-refractivity contribution in [2.24, 2.45) is 0 Å². The number of nitrogens with zero attached hydrogens (tertiary/aromatic N) is 3. The maximum atomic E-state index is 13.9. The van der Waals surface area contributed by atoms with Gasteiger partial charge in [-0.15, -0.1) is 11.3 Å². The van der Waals surface area contributed by atoms with Gasteiger partial charge < -0.3 is 14.5 Å². The molecule has 1 aromatic heterocycles. The maximum absolute atomic E-state index is 13.9. The lowest BCUT2D eigenvalue weighted by molar-refractivity contribution is -0.141. The van der Waals surface area contributed by atoms with Crippen molar-refractivity contribution in [3.05, 3.63) is 35.5 Å². The highest BCUT2D eigenvalue weighted by molar-refractivity contribution is 7.14. The smallest absolute Gasteiger partial charge is 0.251 e. The number of piperazine rings is 1. The average Bonchev–Trinajstić information content (AvgIpc) is 3.34. The molecule has 0 saturated carbocycles. The van der Waals surface area contributed by atoms with Crippen molar-refractivity contribution in [3.63, 3.8) is 0 Å². The fourth-order valence-electron chi connectivity index (χ4n) is 3.30. The number of hydrogen-bond donors (Lipinski definition) is 0. The van der Waals surface area contributed by atoms with Crippen LogP contribution in [0.2, 0.25) is 0 Å². The second-order valence-corrected chi connectivity index (χ2v) is 7.15. The number of anilines is 1. The van der Waals surface area contributed by atoms with Gasteiger partial charge in [-0.3, -0.25) is 4.79 Å². The molecule has 5 nitrogen and oxygen atoms in total. The summed E-state index contributed by atoms with van der Waals surface area (Å²) in [4.78, 5) is 21.0. The molecule has 1 aromatic carbocycles. The van der Waals surface area contributed by atoms with Crippen LogP contribution in [0.4, 0.5) is 9.52 Å². The maximum Gasteiger partial charge on any atom is 0.251 e. The number of hydrogen-bond acceptors (Lipinski definition) is 5. The van der Waals surface area contributed by atoms with Crippen molar-refractivity contribution < 1.29 is 15.3 Å². The standard InChI is InChI=1S/C18H20FN3O2S.H2/c19-14-5-2-1-4-13(14)15-12-25-18(20-15)22-9-7-21(8-10-22)17(23)16-6-3-11-24-16;/h1-2,4-5,12,16H,3,6-11H2;1H/t16-;/m1./s1. The molecule has 1 atom stereocenters. The molecule has 0 spiro atoms. The molecular weight excluding hydrogens is 341 g/mol. The Labute approximate surface area is 151 Å². The van der Waals surface area contributed by atoms with Crippen molar-refractivity contribution >= 4 is 22.4 Å². The number of ether oxygens (including phenoxy) is 1. The number of aromatic nitrogens is 1. The normalized spacial score (nSPS) is 20.9. The highest BCUT2D eigenvalue weighted by Crippen LogP contribution is 2.29. The SMILES string of the molecule is O=C([C@H]1CCCO1)N1CCN(c2nc(-c3ccccc3F)cs2)CC1.[HH]. The minimum Gasteiger partial charge on any atom is -0.368 e. The van der Waals surface area contributed by atoms with E-state index in [1.807, 2.05) is 16.3 Å². The molecule has 3 heterocycles. The Bertz CT molecular complexity index is 758. The summed E-state index contributed by atoms with van der Waals surface area (Å²) in [5, 5.41) is 2.76. The van der Waals surface area contributed by atoms with Crippen molar-refractivity contribution in [1.82, 2.24) is 9.88 Å². The van der Waals surface area contributed by atoms with E-state index < -0.39 is 0 Å². The van der Waals surface area contributed by atoms with Crippen LogP contribution in [-0.4, -0.2) is 54.7 Å². The molecule has 0 radical (unpaired) electrons. The lowest BCUT2D eigenvalue weighted by Crippen LogP contribution is -2.51. The van der Waals surface area contributed by atoms with Gasteiger partial charge in [-0.25, -0.2) is 9.37 Å². The van der Waals surface area contributed by atoms with E-state index in [9.17, 15) is 9.18 Å². The number of halogens is 1. The first-order chi connectivity index (χ1) is 12.2. The third-order valence-corrected chi connectivity index (χ3v) is 5.61. The third kappa shape index (κ3) is 3.39. The molecular formula is C18H22FN3O2S. The molecule has 0 unspecified atom stereocenters. The minimum atomic E-state index is -0.258. The summed E-state index contributed by atoms with van der Waals surface area (Å²) >= 11 is 1.51. The third-order valence-electron chi connectivity index (χ3n) is 4.71. The van der Waals surface area contributed by atoms with Gasteiger partial charge in [0.15, 0.2) is 5.13 Å².